The molecule has 2 heterocycles. The molecule has 1 unspecified atom stereocenters. The summed E-state index contributed by atoms with van der Waals surface area (Å²) in [5.41, 5.74) is 2.54. The average molecular weight is 293 g/mol. The molecule has 0 radical (unpaired) electrons. The van der Waals surface area contributed by atoms with E-state index in [1.807, 2.05) is 0 Å². The summed E-state index contributed by atoms with van der Waals surface area (Å²) in [5, 5.41) is 4.57. The maximum atomic E-state index is 5.45. The smallest absolute Gasteiger partial charge is 0.240 e. The van der Waals surface area contributed by atoms with E-state index in [4.69, 9.17) is 5.84 Å². The zero-order valence-electron chi connectivity index (χ0n) is 12.4. The molecule has 1 atom stereocenters. The van der Waals surface area contributed by atoms with Crippen LogP contribution in [-0.2, 0) is 0 Å². The zero-order chi connectivity index (χ0) is 14.5. The lowest BCUT2D eigenvalue weighted by Crippen LogP contribution is -2.18. The van der Waals surface area contributed by atoms with E-state index in [9.17, 15) is 0 Å². The van der Waals surface area contributed by atoms with Crippen LogP contribution in [0, 0.1) is 6.92 Å². The molecule has 0 aromatic carbocycles. The molecule has 0 spiro atoms. The SMILES string of the molecule is CCCCCC(C)Nc1nc(NN)nc2sc(C)cc12. The van der Waals surface area contributed by atoms with Crippen molar-refractivity contribution in [3.05, 3.63) is 10.9 Å². The van der Waals surface area contributed by atoms with Gasteiger partial charge in [0.1, 0.15) is 10.6 Å². The van der Waals surface area contributed by atoms with E-state index in [-0.39, 0.29) is 0 Å². The van der Waals surface area contributed by atoms with Crippen LogP contribution in [0.15, 0.2) is 6.07 Å². The van der Waals surface area contributed by atoms with Gasteiger partial charge >= 0.3 is 0 Å². The highest BCUT2D eigenvalue weighted by Crippen LogP contribution is 2.30. The van der Waals surface area contributed by atoms with E-state index in [0.29, 0.717) is 12.0 Å². The highest BCUT2D eigenvalue weighted by molar-refractivity contribution is 7.18. The predicted octanol–water partition coefficient (Wildman–Crippen LogP) is 3.67. The fourth-order valence-corrected chi connectivity index (χ4v) is 3.10. The summed E-state index contributed by atoms with van der Waals surface area (Å²) >= 11 is 1.66. The minimum atomic E-state index is 0.394. The second kappa shape index (κ2) is 6.85. The number of rotatable bonds is 7. The van der Waals surface area contributed by atoms with E-state index in [1.54, 1.807) is 11.3 Å². The van der Waals surface area contributed by atoms with Crippen LogP contribution in [0.2, 0.25) is 0 Å². The number of anilines is 2. The van der Waals surface area contributed by atoms with Crippen LogP contribution < -0.4 is 16.6 Å². The maximum absolute atomic E-state index is 5.45. The monoisotopic (exact) mass is 293 g/mol. The van der Waals surface area contributed by atoms with Gasteiger partial charge in [-0.05, 0) is 26.3 Å². The van der Waals surface area contributed by atoms with Gasteiger partial charge in [0, 0.05) is 10.9 Å². The van der Waals surface area contributed by atoms with Crippen molar-refractivity contribution >= 4 is 33.3 Å². The molecule has 0 amide bonds. The van der Waals surface area contributed by atoms with Gasteiger partial charge in [-0.1, -0.05) is 26.2 Å². The Bertz CT molecular complexity index is 566. The summed E-state index contributed by atoms with van der Waals surface area (Å²) in [7, 11) is 0. The molecule has 2 aromatic rings. The van der Waals surface area contributed by atoms with Gasteiger partial charge in [0.2, 0.25) is 5.95 Å². The molecule has 2 aromatic heterocycles. The first-order valence-corrected chi connectivity index (χ1v) is 7.97. The third-order valence-electron chi connectivity index (χ3n) is 3.27. The first-order valence-electron chi connectivity index (χ1n) is 7.15. The van der Waals surface area contributed by atoms with Crippen LogP contribution in [0.25, 0.3) is 10.2 Å². The van der Waals surface area contributed by atoms with E-state index >= 15 is 0 Å². The van der Waals surface area contributed by atoms with Gasteiger partial charge in [0.05, 0.1) is 5.39 Å². The van der Waals surface area contributed by atoms with Crippen molar-refractivity contribution in [3.8, 4) is 0 Å². The molecule has 20 heavy (non-hydrogen) atoms. The molecule has 0 fully saturated rings. The Morgan fingerprint density at radius 2 is 2.15 bits per heavy atom. The van der Waals surface area contributed by atoms with Crippen molar-refractivity contribution in [2.75, 3.05) is 10.7 Å². The number of nitrogens with two attached hydrogens (primary N) is 1. The van der Waals surface area contributed by atoms with Gasteiger partial charge in [0.15, 0.2) is 0 Å². The number of aromatic nitrogens is 2. The summed E-state index contributed by atoms with van der Waals surface area (Å²) in [6.45, 7) is 6.49. The molecule has 0 saturated carbocycles. The normalized spacial score (nSPS) is 12.6. The number of hydrazine groups is 1. The average Bonchev–Trinajstić information content (AvgIpc) is 2.79. The highest BCUT2D eigenvalue weighted by atomic mass is 32.1. The van der Waals surface area contributed by atoms with E-state index in [2.05, 4.69) is 47.5 Å². The molecule has 2 rings (SSSR count). The Hall–Kier alpha value is -1.40. The number of nitrogen functional groups attached to an aromatic ring is 1. The minimum Gasteiger partial charge on any atom is -0.367 e. The Kier molecular flexibility index (Phi) is 5.14. The summed E-state index contributed by atoms with van der Waals surface area (Å²) in [5.74, 6) is 6.78. The number of thiophene rings is 1. The van der Waals surface area contributed by atoms with E-state index in [0.717, 1.165) is 22.5 Å². The number of hydrogen-bond donors (Lipinski definition) is 3. The van der Waals surface area contributed by atoms with Crippen LogP contribution in [0.1, 0.15) is 44.4 Å². The van der Waals surface area contributed by atoms with Gasteiger partial charge in [-0.2, -0.15) is 4.98 Å². The van der Waals surface area contributed by atoms with Crippen LogP contribution in [-0.4, -0.2) is 16.0 Å². The molecule has 5 nitrogen and oxygen atoms in total. The fraction of sp³-hybridized carbons (Fsp3) is 0.571. The molecule has 0 saturated heterocycles. The van der Waals surface area contributed by atoms with Crippen LogP contribution >= 0.6 is 11.3 Å². The third kappa shape index (κ3) is 3.58. The van der Waals surface area contributed by atoms with Crippen LogP contribution in [0.4, 0.5) is 11.8 Å². The van der Waals surface area contributed by atoms with E-state index < -0.39 is 0 Å². The second-order valence-electron chi connectivity index (χ2n) is 5.16. The fourth-order valence-electron chi connectivity index (χ4n) is 2.22. The number of unbranched alkanes of at least 4 members (excludes halogenated alkanes) is 2. The summed E-state index contributed by atoms with van der Waals surface area (Å²) in [6, 6.07) is 2.52. The first kappa shape index (κ1) is 15.0. The van der Waals surface area contributed by atoms with Gasteiger partial charge in [-0.3, -0.25) is 5.43 Å². The van der Waals surface area contributed by atoms with Crippen molar-refractivity contribution in [2.45, 2.75) is 52.5 Å². The van der Waals surface area contributed by atoms with Crippen molar-refractivity contribution in [3.63, 3.8) is 0 Å². The van der Waals surface area contributed by atoms with Crippen molar-refractivity contribution in [2.24, 2.45) is 5.84 Å². The van der Waals surface area contributed by atoms with Gasteiger partial charge in [-0.25, -0.2) is 10.8 Å². The molecular weight excluding hydrogens is 270 g/mol. The maximum Gasteiger partial charge on any atom is 0.240 e. The summed E-state index contributed by atoms with van der Waals surface area (Å²) in [6.07, 6.45) is 4.91. The molecule has 0 aliphatic heterocycles. The number of nitrogens with one attached hydrogen (secondary N) is 2. The third-order valence-corrected chi connectivity index (χ3v) is 4.21. The zero-order valence-corrected chi connectivity index (χ0v) is 13.2. The Morgan fingerprint density at radius 1 is 1.35 bits per heavy atom. The lowest BCUT2D eigenvalue weighted by molar-refractivity contribution is 0.614. The topological polar surface area (TPSA) is 75.9 Å². The Balaban J connectivity index is 2.19. The summed E-state index contributed by atoms with van der Waals surface area (Å²) < 4.78 is 0. The van der Waals surface area contributed by atoms with E-state index in [1.165, 1.54) is 24.1 Å². The van der Waals surface area contributed by atoms with Gasteiger partial charge in [0.25, 0.3) is 0 Å². The standard InChI is InChI=1S/C14H23N5S/c1-4-5-6-7-9(2)16-12-11-8-10(3)20-13(11)18-14(17-12)19-15/h8-9H,4-7,15H2,1-3H3,(H2,16,17,18,19). The molecule has 4 N–H and O–H groups in total. The predicted molar refractivity (Wildman–Crippen MR) is 87.2 cm³/mol. The number of nitrogens with zero attached hydrogens (tertiary/aromatic N) is 2. The molecule has 0 aliphatic rings. The number of hydrogen-bond acceptors (Lipinski definition) is 6. The van der Waals surface area contributed by atoms with Crippen molar-refractivity contribution in [1.82, 2.24) is 9.97 Å². The Morgan fingerprint density at radius 3 is 2.85 bits per heavy atom. The lowest BCUT2D eigenvalue weighted by atomic mass is 10.1. The molecule has 0 bridgehead atoms. The van der Waals surface area contributed by atoms with Crippen molar-refractivity contribution < 1.29 is 0 Å². The van der Waals surface area contributed by atoms with Crippen LogP contribution in [0.3, 0.4) is 0 Å². The highest BCUT2D eigenvalue weighted by Gasteiger charge is 2.12. The van der Waals surface area contributed by atoms with Crippen LogP contribution in [0.5, 0.6) is 0 Å². The quantitative estimate of drug-likeness (QED) is 0.412. The first-order chi connectivity index (χ1) is 9.63. The molecular formula is C14H23N5S. The lowest BCUT2D eigenvalue weighted by Gasteiger charge is -2.15. The number of fused-ring (bicyclic) bond motifs is 1. The summed E-state index contributed by atoms with van der Waals surface area (Å²) in [4.78, 5) is 11.0. The van der Waals surface area contributed by atoms with Crippen molar-refractivity contribution in [1.29, 1.82) is 0 Å². The van der Waals surface area contributed by atoms with Gasteiger partial charge < -0.3 is 5.32 Å². The molecule has 110 valence electrons. The number of aryl methyl sites for hydroxylation is 1. The Labute approximate surface area is 124 Å². The van der Waals surface area contributed by atoms with Gasteiger partial charge in [-0.15, -0.1) is 11.3 Å². The minimum absolute atomic E-state index is 0.394. The second-order valence-corrected chi connectivity index (χ2v) is 6.39. The molecule has 6 heteroatoms. The molecule has 0 aliphatic carbocycles. The largest absolute Gasteiger partial charge is 0.367 e.